The van der Waals surface area contributed by atoms with Crippen molar-refractivity contribution in [3.8, 4) is 6.07 Å². The molecule has 1 aliphatic rings. The second-order valence-electron chi connectivity index (χ2n) is 5.67. The highest BCUT2D eigenvalue weighted by Crippen LogP contribution is 2.38. The van der Waals surface area contributed by atoms with Gasteiger partial charge in [0.05, 0.1) is 23.5 Å². The SMILES string of the molecule is CN/C(SCC(=O)Nc1sc2c(c1C(=O)OC)CCCC2)=C(/C#N)C(N)=O. The average molecular weight is 409 g/mol. The lowest BCUT2D eigenvalue weighted by molar-refractivity contribution is -0.115. The van der Waals surface area contributed by atoms with Gasteiger partial charge in [0.15, 0.2) is 0 Å². The van der Waals surface area contributed by atoms with E-state index in [1.165, 1.54) is 25.5 Å². The number of rotatable bonds is 7. The summed E-state index contributed by atoms with van der Waals surface area (Å²) >= 11 is 2.38. The predicted octanol–water partition coefficient (Wildman–Crippen LogP) is 1.53. The number of nitriles is 1. The van der Waals surface area contributed by atoms with Crippen LogP contribution < -0.4 is 16.4 Å². The van der Waals surface area contributed by atoms with Crippen LogP contribution in [0.1, 0.15) is 33.6 Å². The lowest BCUT2D eigenvalue weighted by Crippen LogP contribution is -2.21. The number of primary amides is 1. The summed E-state index contributed by atoms with van der Waals surface area (Å²) in [5, 5.41) is 15.2. The van der Waals surface area contributed by atoms with Crippen LogP contribution in [0.25, 0.3) is 0 Å². The molecule has 4 N–H and O–H groups in total. The molecule has 27 heavy (non-hydrogen) atoms. The molecule has 1 aromatic rings. The molecule has 144 valence electrons. The molecule has 0 aliphatic heterocycles. The van der Waals surface area contributed by atoms with E-state index >= 15 is 0 Å². The van der Waals surface area contributed by atoms with Crippen LogP contribution in [0.5, 0.6) is 0 Å². The first-order chi connectivity index (χ1) is 12.9. The summed E-state index contributed by atoms with van der Waals surface area (Å²) in [6.45, 7) is 0. The molecule has 0 unspecified atom stereocenters. The number of carbonyl (C=O) groups excluding carboxylic acids is 3. The van der Waals surface area contributed by atoms with Gasteiger partial charge in [-0.15, -0.1) is 11.3 Å². The smallest absolute Gasteiger partial charge is 0.341 e. The molecule has 10 heteroatoms. The number of carbonyl (C=O) groups is 3. The first-order valence-corrected chi connectivity index (χ1v) is 10.0. The van der Waals surface area contributed by atoms with Crippen LogP contribution in [0.15, 0.2) is 10.6 Å². The van der Waals surface area contributed by atoms with E-state index in [1.54, 1.807) is 6.07 Å². The van der Waals surface area contributed by atoms with Crippen molar-refractivity contribution in [1.29, 1.82) is 5.26 Å². The molecule has 0 saturated carbocycles. The van der Waals surface area contributed by atoms with E-state index in [0.717, 1.165) is 47.9 Å². The highest BCUT2D eigenvalue weighted by atomic mass is 32.2. The number of nitrogens with two attached hydrogens (primary N) is 1. The molecule has 1 heterocycles. The molecule has 1 aromatic heterocycles. The normalized spacial score (nSPS) is 13.7. The number of nitrogens with zero attached hydrogens (tertiary/aromatic N) is 1. The lowest BCUT2D eigenvalue weighted by atomic mass is 9.95. The van der Waals surface area contributed by atoms with Crippen molar-refractivity contribution in [2.45, 2.75) is 25.7 Å². The van der Waals surface area contributed by atoms with Crippen molar-refractivity contribution in [2.75, 3.05) is 25.2 Å². The van der Waals surface area contributed by atoms with Crippen molar-refractivity contribution in [1.82, 2.24) is 5.32 Å². The maximum Gasteiger partial charge on any atom is 0.341 e. The minimum absolute atomic E-state index is 0.0577. The minimum Gasteiger partial charge on any atom is -0.465 e. The summed E-state index contributed by atoms with van der Waals surface area (Å²) in [5.41, 5.74) is 6.30. The summed E-state index contributed by atoms with van der Waals surface area (Å²) in [7, 11) is 2.84. The predicted molar refractivity (Wildman–Crippen MR) is 104 cm³/mol. The van der Waals surface area contributed by atoms with Crippen molar-refractivity contribution in [2.24, 2.45) is 5.73 Å². The third-order valence-electron chi connectivity index (χ3n) is 3.97. The van der Waals surface area contributed by atoms with Gasteiger partial charge in [-0.3, -0.25) is 9.59 Å². The zero-order valence-electron chi connectivity index (χ0n) is 15.0. The lowest BCUT2D eigenvalue weighted by Gasteiger charge is -2.12. The molecule has 0 spiro atoms. The van der Waals surface area contributed by atoms with Gasteiger partial charge in [-0.2, -0.15) is 5.26 Å². The number of amides is 2. The number of thioether (sulfide) groups is 1. The quantitative estimate of drug-likeness (QED) is 0.354. The Morgan fingerprint density at radius 2 is 2.04 bits per heavy atom. The molecule has 1 aliphatic carbocycles. The van der Waals surface area contributed by atoms with Crippen molar-refractivity contribution in [3.05, 3.63) is 26.6 Å². The zero-order chi connectivity index (χ0) is 20.0. The number of ether oxygens (including phenoxy) is 1. The number of aryl methyl sites for hydroxylation is 1. The summed E-state index contributed by atoms with van der Waals surface area (Å²) in [6, 6.07) is 1.72. The van der Waals surface area contributed by atoms with Crippen LogP contribution in [0, 0.1) is 11.3 Å². The van der Waals surface area contributed by atoms with E-state index in [2.05, 4.69) is 10.6 Å². The number of hydrogen-bond donors (Lipinski definition) is 3. The van der Waals surface area contributed by atoms with Crippen LogP contribution in [0.2, 0.25) is 0 Å². The van der Waals surface area contributed by atoms with E-state index in [1.807, 2.05) is 0 Å². The Kier molecular flexibility index (Phi) is 7.27. The molecular formula is C17H20N4O4S2. The van der Waals surface area contributed by atoms with Gasteiger partial charge in [-0.05, 0) is 31.2 Å². The van der Waals surface area contributed by atoms with E-state index in [0.29, 0.717) is 10.6 Å². The van der Waals surface area contributed by atoms with E-state index in [-0.39, 0.29) is 22.3 Å². The first-order valence-electron chi connectivity index (χ1n) is 8.20. The number of fused-ring (bicyclic) bond motifs is 1. The third kappa shape index (κ3) is 4.81. The van der Waals surface area contributed by atoms with Gasteiger partial charge in [0.25, 0.3) is 5.91 Å². The van der Waals surface area contributed by atoms with Crippen molar-refractivity contribution >= 4 is 45.9 Å². The minimum atomic E-state index is -0.867. The topological polar surface area (TPSA) is 134 Å². The van der Waals surface area contributed by atoms with Gasteiger partial charge >= 0.3 is 5.97 Å². The fourth-order valence-electron chi connectivity index (χ4n) is 2.76. The largest absolute Gasteiger partial charge is 0.465 e. The maximum absolute atomic E-state index is 12.4. The molecule has 2 rings (SSSR count). The number of nitrogens with one attached hydrogen (secondary N) is 2. The molecule has 0 radical (unpaired) electrons. The third-order valence-corrected chi connectivity index (χ3v) is 6.28. The Morgan fingerprint density at radius 3 is 2.63 bits per heavy atom. The number of thiophene rings is 1. The van der Waals surface area contributed by atoms with Gasteiger partial charge in [-0.1, -0.05) is 11.8 Å². The highest BCUT2D eigenvalue weighted by Gasteiger charge is 2.27. The highest BCUT2D eigenvalue weighted by molar-refractivity contribution is 8.03. The van der Waals surface area contributed by atoms with E-state index < -0.39 is 11.9 Å². The monoisotopic (exact) mass is 408 g/mol. The van der Waals surface area contributed by atoms with Crippen molar-refractivity contribution < 1.29 is 19.1 Å². The summed E-state index contributed by atoms with van der Waals surface area (Å²) in [6.07, 6.45) is 3.72. The average Bonchev–Trinajstić information content (AvgIpc) is 3.01. The molecule has 0 bridgehead atoms. The number of esters is 1. The van der Waals surface area contributed by atoms with Crippen LogP contribution in [-0.2, 0) is 27.2 Å². The second-order valence-corrected chi connectivity index (χ2v) is 7.76. The van der Waals surface area contributed by atoms with Gasteiger partial charge in [0, 0.05) is 11.9 Å². The van der Waals surface area contributed by atoms with Gasteiger partial charge < -0.3 is 21.1 Å². The Labute approximate surface area is 165 Å². The molecule has 0 aromatic carbocycles. The molecule has 8 nitrogen and oxygen atoms in total. The summed E-state index contributed by atoms with van der Waals surface area (Å²) < 4.78 is 4.88. The van der Waals surface area contributed by atoms with Crippen molar-refractivity contribution in [3.63, 3.8) is 0 Å². The van der Waals surface area contributed by atoms with Gasteiger partial charge in [0.2, 0.25) is 5.91 Å². The number of methoxy groups -OCH3 is 1. The number of anilines is 1. The Bertz CT molecular complexity index is 839. The maximum atomic E-state index is 12.4. The fraction of sp³-hybridized carbons (Fsp3) is 0.412. The van der Waals surface area contributed by atoms with Crippen LogP contribution in [-0.4, -0.2) is 37.7 Å². The Morgan fingerprint density at radius 1 is 1.33 bits per heavy atom. The standard InChI is InChI=1S/C17H20N4O4S2/c1-20-15(10(7-18)14(19)23)26-8-12(22)21-16-13(17(24)25-2)9-5-3-4-6-11(9)27-16/h20H,3-6,8H2,1-2H3,(H2,19,23)(H,21,22)/b15-10+. The Hall–Kier alpha value is -2.51. The van der Waals surface area contributed by atoms with Crippen LogP contribution >= 0.6 is 23.1 Å². The molecule has 0 atom stereocenters. The molecule has 0 saturated heterocycles. The number of hydrogen-bond acceptors (Lipinski definition) is 8. The van der Waals surface area contributed by atoms with E-state index in [9.17, 15) is 14.4 Å². The fourth-order valence-corrected chi connectivity index (χ4v) is 4.84. The van der Waals surface area contributed by atoms with Gasteiger partial charge in [0.1, 0.15) is 16.6 Å². The summed E-state index contributed by atoms with van der Waals surface area (Å²) in [4.78, 5) is 36.9. The molecule has 2 amide bonds. The van der Waals surface area contributed by atoms with Gasteiger partial charge in [-0.25, -0.2) is 4.79 Å². The van der Waals surface area contributed by atoms with E-state index in [4.69, 9.17) is 15.7 Å². The second kappa shape index (κ2) is 9.43. The zero-order valence-corrected chi connectivity index (χ0v) is 16.6. The van der Waals surface area contributed by atoms with Crippen LogP contribution in [0.3, 0.4) is 0 Å². The Balaban J connectivity index is 2.17. The first kappa shape index (κ1) is 20.8. The molecular weight excluding hydrogens is 388 g/mol. The van der Waals surface area contributed by atoms with Crippen LogP contribution in [0.4, 0.5) is 5.00 Å². The summed E-state index contributed by atoms with van der Waals surface area (Å²) in [5.74, 6) is -1.75. The molecule has 0 fully saturated rings.